The molecule has 2 nitrogen and oxygen atoms in total. The molecule has 0 spiro atoms. The third kappa shape index (κ3) is 1.26. The SMILES string of the molecule is O=S1(=O)c2ccccc2-c2cc(F)c(F)cc21. The molecule has 0 atom stereocenters. The van der Waals surface area contributed by atoms with Crippen LogP contribution in [0.2, 0.25) is 0 Å². The van der Waals surface area contributed by atoms with Gasteiger partial charge in [-0.3, -0.25) is 0 Å². The molecule has 2 aromatic rings. The average molecular weight is 252 g/mol. The minimum absolute atomic E-state index is 0.0972. The summed E-state index contributed by atoms with van der Waals surface area (Å²) in [5.41, 5.74) is 0.640. The number of halogens is 2. The number of fused-ring (bicyclic) bond motifs is 3. The van der Waals surface area contributed by atoms with Gasteiger partial charge in [-0.2, -0.15) is 0 Å². The first-order chi connectivity index (χ1) is 8.01. The van der Waals surface area contributed by atoms with Gasteiger partial charge in [0.15, 0.2) is 11.6 Å². The van der Waals surface area contributed by atoms with Gasteiger partial charge in [-0.05, 0) is 18.2 Å². The highest BCUT2D eigenvalue weighted by Gasteiger charge is 2.33. The third-order valence-corrected chi connectivity index (χ3v) is 4.63. The Morgan fingerprint density at radius 1 is 0.824 bits per heavy atom. The first-order valence-corrected chi connectivity index (χ1v) is 6.33. The van der Waals surface area contributed by atoms with Gasteiger partial charge in [-0.15, -0.1) is 0 Å². The van der Waals surface area contributed by atoms with Crippen LogP contribution < -0.4 is 0 Å². The first kappa shape index (κ1) is 10.4. The molecule has 1 heterocycles. The maximum atomic E-state index is 13.2. The Balaban J connectivity index is 2.49. The summed E-state index contributed by atoms with van der Waals surface area (Å²) in [4.78, 5) is -0.0717. The van der Waals surface area contributed by atoms with Crippen molar-refractivity contribution >= 4 is 9.84 Å². The molecule has 0 N–H and O–H groups in total. The Kier molecular flexibility index (Phi) is 1.92. The van der Waals surface area contributed by atoms with Crippen LogP contribution in [0.15, 0.2) is 46.2 Å². The van der Waals surface area contributed by atoms with E-state index >= 15 is 0 Å². The highest BCUT2D eigenvalue weighted by molar-refractivity contribution is 7.92. The number of hydrogen-bond donors (Lipinski definition) is 0. The summed E-state index contributed by atoms with van der Waals surface area (Å²) in [6.45, 7) is 0. The van der Waals surface area contributed by atoms with Crippen LogP contribution in [0.25, 0.3) is 11.1 Å². The van der Waals surface area contributed by atoms with Crippen molar-refractivity contribution in [2.75, 3.05) is 0 Å². The smallest absolute Gasteiger partial charge is 0.207 e. The van der Waals surface area contributed by atoms with E-state index in [1.54, 1.807) is 18.2 Å². The topological polar surface area (TPSA) is 34.1 Å². The lowest BCUT2D eigenvalue weighted by atomic mass is 10.1. The third-order valence-electron chi connectivity index (χ3n) is 2.78. The van der Waals surface area contributed by atoms with Crippen LogP contribution in [0.5, 0.6) is 0 Å². The fourth-order valence-corrected chi connectivity index (χ4v) is 3.68. The molecular formula is C12H6F2O2S. The van der Waals surface area contributed by atoms with Crippen molar-refractivity contribution in [3.8, 4) is 11.1 Å². The molecule has 3 rings (SSSR count). The van der Waals surface area contributed by atoms with Crippen molar-refractivity contribution in [2.45, 2.75) is 9.79 Å². The second-order valence-electron chi connectivity index (χ2n) is 3.76. The van der Waals surface area contributed by atoms with Crippen LogP contribution >= 0.6 is 0 Å². The van der Waals surface area contributed by atoms with E-state index in [1.807, 2.05) is 0 Å². The van der Waals surface area contributed by atoms with E-state index < -0.39 is 21.5 Å². The molecule has 0 aromatic heterocycles. The standard InChI is InChI=1S/C12H6F2O2S/c13-9-5-8-7-3-1-2-4-11(7)17(15,16)12(8)6-10(9)14/h1-6H. The molecule has 0 saturated heterocycles. The molecule has 17 heavy (non-hydrogen) atoms. The van der Waals surface area contributed by atoms with E-state index in [1.165, 1.54) is 6.07 Å². The van der Waals surface area contributed by atoms with E-state index in [0.29, 0.717) is 5.56 Å². The lowest BCUT2D eigenvalue weighted by Crippen LogP contribution is -1.97. The number of hydrogen-bond acceptors (Lipinski definition) is 2. The zero-order valence-corrected chi connectivity index (χ0v) is 9.26. The summed E-state index contributed by atoms with van der Waals surface area (Å²) in [6.07, 6.45) is 0. The van der Waals surface area contributed by atoms with E-state index in [2.05, 4.69) is 0 Å². The maximum absolute atomic E-state index is 13.2. The summed E-state index contributed by atoms with van der Waals surface area (Å²) in [6, 6.07) is 7.91. The average Bonchev–Trinajstić information content (AvgIpc) is 2.51. The van der Waals surface area contributed by atoms with Gasteiger partial charge in [-0.25, -0.2) is 17.2 Å². The zero-order chi connectivity index (χ0) is 12.2. The van der Waals surface area contributed by atoms with Crippen LogP contribution in [-0.2, 0) is 9.84 Å². The van der Waals surface area contributed by atoms with Crippen LogP contribution in [-0.4, -0.2) is 8.42 Å². The molecule has 0 bridgehead atoms. The summed E-state index contributed by atoms with van der Waals surface area (Å²) in [7, 11) is -3.71. The molecule has 2 aromatic carbocycles. The number of benzene rings is 2. The van der Waals surface area contributed by atoms with Crippen molar-refractivity contribution in [3.63, 3.8) is 0 Å². The number of sulfone groups is 1. The largest absolute Gasteiger partial charge is 0.218 e. The predicted octanol–water partition coefficient (Wildman–Crippen LogP) is 2.78. The van der Waals surface area contributed by atoms with Gasteiger partial charge >= 0.3 is 0 Å². The Labute approximate surface area is 96.4 Å². The Hall–Kier alpha value is -1.75. The lowest BCUT2D eigenvalue weighted by Gasteiger charge is -1.99. The highest BCUT2D eigenvalue weighted by atomic mass is 32.2. The predicted molar refractivity (Wildman–Crippen MR) is 57.2 cm³/mol. The number of rotatable bonds is 0. The minimum Gasteiger partial charge on any atom is -0.218 e. The Bertz CT molecular complexity index is 736. The minimum atomic E-state index is -3.71. The molecule has 0 unspecified atom stereocenters. The molecule has 1 aliphatic heterocycles. The van der Waals surface area contributed by atoms with Crippen molar-refractivity contribution in [1.29, 1.82) is 0 Å². The van der Waals surface area contributed by atoms with Gasteiger partial charge in [0.05, 0.1) is 9.79 Å². The van der Waals surface area contributed by atoms with Crippen LogP contribution in [0, 0.1) is 11.6 Å². The normalized spacial score (nSPS) is 15.4. The van der Waals surface area contributed by atoms with Gasteiger partial charge < -0.3 is 0 Å². The summed E-state index contributed by atoms with van der Waals surface area (Å²) in [5, 5.41) is 0. The van der Waals surface area contributed by atoms with Crippen LogP contribution in [0.1, 0.15) is 0 Å². The van der Waals surface area contributed by atoms with Gasteiger partial charge in [0.2, 0.25) is 9.84 Å². The second-order valence-corrected chi connectivity index (χ2v) is 5.65. The van der Waals surface area contributed by atoms with Crippen molar-refractivity contribution in [3.05, 3.63) is 48.0 Å². The first-order valence-electron chi connectivity index (χ1n) is 4.85. The van der Waals surface area contributed by atoms with Crippen molar-refractivity contribution in [1.82, 2.24) is 0 Å². The van der Waals surface area contributed by atoms with Crippen LogP contribution in [0.4, 0.5) is 8.78 Å². The molecule has 0 radical (unpaired) electrons. The second kappa shape index (κ2) is 3.13. The van der Waals surface area contributed by atoms with E-state index in [4.69, 9.17) is 0 Å². The molecule has 5 heteroatoms. The molecule has 0 aliphatic carbocycles. The van der Waals surface area contributed by atoms with E-state index in [9.17, 15) is 17.2 Å². The van der Waals surface area contributed by atoms with Crippen molar-refractivity contribution < 1.29 is 17.2 Å². The van der Waals surface area contributed by atoms with Gasteiger partial charge in [0, 0.05) is 11.1 Å². The summed E-state index contributed by atoms with van der Waals surface area (Å²) < 4.78 is 50.4. The Morgan fingerprint density at radius 3 is 2.24 bits per heavy atom. The van der Waals surface area contributed by atoms with Crippen molar-refractivity contribution in [2.24, 2.45) is 0 Å². The van der Waals surface area contributed by atoms with E-state index in [-0.39, 0.29) is 15.4 Å². The molecular weight excluding hydrogens is 246 g/mol. The lowest BCUT2D eigenvalue weighted by molar-refractivity contribution is 0.505. The van der Waals surface area contributed by atoms with Gasteiger partial charge in [-0.1, -0.05) is 18.2 Å². The molecule has 0 amide bonds. The highest BCUT2D eigenvalue weighted by Crippen LogP contribution is 2.43. The van der Waals surface area contributed by atoms with Gasteiger partial charge in [0.25, 0.3) is 0 Å². The molecule has 0 fully saturated rings. The van der Waals surface area contributed by atoms with Crippen LogP contribution in [0.3, 0.4) is 0 Å². The maximum Gasteiger partial charge on any atom is 0.207 e. The monoisotopic (exact) mass is 252 g/mol. The fourth-order valence-electron chi connectivity index (χ4n) is 2.00. The van der Waals surface area contributed by atoms with Gasteiger partial charge in [0.1, 0.15) is 0 Å². The Morgan fingerprint density at radius 2 is 1.47 bits per heavy atom. The quantitative estimate of drug-likeness (QED) is 0.576. The molecule has 0 saturated carbocycles. The summed E-state index contributed by atoms with van der Waals surface area (Å²) in [5.74, 6) is -2.20. The zero-order valence-electron chi connectivity index (χ0n) is 8.44. The molecule has 86 valence electrons. The van der Waals surface area contributed by atoms with E-state index in [0.717, 1.165) is 12.1 Å². The fraction of sp³-hybridized carbons (Fsp3) is 0. The molecule has 1 aliphatic rings. The summed E-state index contributed by atoms with van der Waals surface area (Å²) >= 11 is 0.